The van der Waals surface area contributed by atoms with Crippen LogP contribution in [0.4, 0.5) is 5.13 Å². The quantitative estimate of drug-likeness (QED) is 0.528. The van der Waals surface area contributed by atoms with E-state index < -0.39 is 5.91 Å². The molecule has 0 radical (unpaired) electrons. The predicted octanol–water partition coefficient (Wildman–Crippen LogP) is 4.64. The van der Waals surface area contributed by atoms with Gasteiger partial charge in [-0.15, -0.1) is 11.3 Å². The number of rotatable bonds is 4. The molecule has 4 aromatic rings. The van der Waals surface area contributed by atoms with Gasteiger partial charge < -0.3 is 4.42 Å². The lowest BCUT2D eigenvalue weighted by molar-refractivity contribution is 0.0997. The highest BCUT2D eigenvalue weighted by Gasteiger charge is 2.20. The van der Waals surface area contributed by atoms with Crippen LogP contribution in [0.25, 0.3) is 22.6 Å². The molecule has 7 nitrogen and oxygen atoms in total. The van der Waals surface area contributed by atoms with Gasteiger partial charge in [-0.05, 0) is 24.3 Å². The number of amides is 1. The summed E-state index contributed by atoms with van der Waals surface area (Å²) in [7, 11) is 0. The average molecular weight is 408 g/mol. The number of hydrogen-bond acceptors (Lipinski definition) is 7. The summed E-state index contributed by atoms with van der Waals surface area (Å²) in [6.07, 6.45) is 1.21. The minimum atomic E-state index is -0.470. The third-order valence-corrected chi connectivity index (χ3v) is 4.75. The van der Waals surface area contributed by atoms with E-state index in [-0.39, 0.29) is 5.76 Å². The molecule has 0 bridgehead atoms. The highest BCUT2D eigenvalue weighted by molar-refractivity contribution is 7.14. The number of benzene rings is 1. The van der Waals surface area contributed by atoms with Crippen molar-refractivity contribution in [1.82, 2.24) is 15.0 Å². The van der Waals surface area contributed by atoms with Crippen molar-refractivity contribution in [2.75, 3.05) is 5.32 Å². The number of halogens is 1. The molecule has 136 valence electrons. The fourth-order valence-corrected chi connectivity index (χ4v) is 3.29. The predicted molar refractivity (Wildman–Crippen MR) is 105 cm³/mol. The summed E-state index contributed by atoms with van der Waals surface area (Å²) in [5, 5.41) is 14.4. The molecule has 9 heteroatoms. The van der Waals surface area contributed by atoms with Gasteiger partial charge in [0.15, 0.2) is 11.5 Å². The molecule has 1 N–H and O–H groups in total. The van der Waals surface area contributed by atoms with Crippen molar-refractivity contribution in [1.29, 1.82) is 5.26 Å². The minimum absolute atomic E-state index is 0.0728. The monoisotopic (exact) mass is 407 g/mol. The van der Waals surface area contributed by atoms with Crippen LogP contribution in [0.5, 0.6) is 0 Å². The van der Waals surface area contributed by atoms with Crippen LogP contribution in [-0.2, 0) is 0 Å². The van der Waals surface area contributed by atoms with E-state index in [4.69, 9.17) is 21.3 Å². The van der Waals surface area contributed by atoms with Gasteiger partial charge in [0.05, 0.1) is 5.69 Å². The van der Waals surface area contributed by atoms with E-state index in [0.717, 1.165) is 0 Å². The number of nitrogens with one attached hydrogen (secondary N) is 1. The van der Waals surface area contributed by atoms with Gasteiger partial charge in [0.25, 0.3) is 5.91 Å². The second kappa shape index (κ2) is 7.60. The molecular weight excluding hydrogens is 398 g/mol. The molecule has 0 aliphatic heterocycles. The van der Waals surface area contributed by atoms with Gasteiger partial charge in [0.2, 0.25) is 5.76 Å². The maximum absolute atomic E-state index is 12.6. The van der Waals surface area contributed by atoms with Crippen molar-refractivity contribution in [3.05, 3.63) is 70.7 Å². The van der Waals surface area contributed by atoms with Gasteiger partial charge in [0.1, 0.15) is 23.2 Å². The van der Waals surface area contributed by atoms with Crippen molar-refractivity contribution in [2.24, 2.45) is 0 Å². The number of carbonyl (C=O) groups excluding carboxylic acids is 1. The number of oxazole rings is 1. The Kier molecular flexibility index (Phi) is 4.85. The summed E-state index contributed by atoms with van der Waals surface area (Å²) in [5.41, 5.74) is 2.53. The van der Waals surface area contributed by atoms with Crippen LogP contribution >= 0.6 is 22.9 Å². The number of carbonyl (C=O) groups is 1. The van der Waals surface area contributed by atoms with Gasteiger partial charge in [-0.1, -0.05) is 29.8 Å². The Morgan fingerprint density at radius 3 is 2.75 bits per heavy atom. The molecular formula is C19H10ClN5O2S. The van der Waals surface area contributed by atoms with Crippen molar-refractivity contribution < 1.29 is 9.21 Å². The van der Waals surface area contributed by atoms with E-state index in [1.54, 1.807) is 47.8 Å². The summed E-state index contributed by atoms with van der Waals surface area (Å²) in [5.74, 6) is -0.397. The Morgan fingerprint density at radius 1 is 1.14 bits per heavy atom. The Hall–Kier alpha value is -3.54. The molecule has 0 saturated carbocycles. The lowest BCUT2D eigenvalue weighted by Crippen LogP contribution is -2.12. The number of aromatic nitrogens is 3. The van der Waals surface area contributed by atoms with Crippen molar-refractivity contribution >= 4 is 34.0 Å². The van der Waals surface area contributed by atoms with E-state index in [2.05, 4.69) is 20.3 Å². The van der Waals surface area contributed by atoms with Crippen LogP contribution in [0.1, 0.15) is 16.2 Å². The van der Waals surface area contributed by atoms with Gasteiger partial charge in [-0.2, -0.15) is 5.26 Å². The number of nitriles is 1. The summed E-state index contributed by atoms with van der Waals surface area (Å²) < 4.78 is 5.28. The lowest BCUT2D eigenvalue weighted by atomic mass is 10.1. The average Bonchev–Trinajstić information content (AvgIpc) is 3.38. The van der Waals surface area contributed by atoms with Crippen LogP contribution in [0, 0.1) is 11.3 Å². The summed E-state index contributed by atoms with van der Waals surface area (Å²) in [6.45, 7) is 0. The molecule has 0 aliphatic carbocycles. The van der Waals surface area contributed by atoms with Gasteiger partial charge in [-0.25, -0.2) is 15.0 Å². The molecule has 0 aliphatic rings. The number of nitrogens with zero attached hydrogens (tertiary/aromatic N) is 4. The Labute approximate surface area is 168 Å². The fourth-order valence-electron chi connectivity index (χ4n) is 2.46. The van der Waals surface area contributed by atoms with Crippen molar-refractivity contribution in [3.63, 3.8) is 0 Å². The summed E-state index contributed by atoms with van der Waals surface area (Å²) in [4.78, 5) is 25.3. The molecule has 28 heavy (non-hydrogen) atoms. The Bertz CT molecular complexity index is 1190. The number of anilines is 1. The zero-order chi connectivity index (χ0) is 19.5. The highest BCUT2D eigenvalue weighted by Crippen LogP contribution is 2.27. The smallest absolute Gasteiger partial charge is 0.295 e. The molecule has 0 fully saturated rings. The van der Waals surface area contributed by atoms with Crippen molar-refractivity contribution in [3.8, 4) is 28.7 Å². The zero-order valence-electron chi connectivity index (χ0n) is 14.1. The van der Waals surface area contributed by atoms with E-state index in [9.17, 15) is 4.79 Å². The Balaban J connectivity index is 1.56. The molecule has 1 amide bonds. The maximum Gasteiger partial charge on any atom is 0.295 e. The van der Waals surface area contributed by atoms with Crippen LogP contribution in [0.3, 0.4) is 0 Å². The van der Waals surface area contributed by atoms with Gasteiger partial charge >= 0.3 is 0 Å². The third kappa shape index (κ3) is 3.62. The van der Waals surface area contributed by atoms with E-state index >= 15 is 0 Å². The van der Waals surface area contributed by atoms with E-state index in [1.165, 1.54) is 17.7 Å². The fraction of sp³-hybridized carbons (Fsp3) is 0. The van der Waals surface area contributed by atoms with Gasteiger partial charge in [-0.3, -0.25) is 10.1 Å². The first-order valence-electron chi connectivity index (χ1n) is 7.98. The van der Waals surface area contributed by atoms with Gasteiger partial charge in [0, 0.05) is 16.0 Å². The lowest BCUT2D eigenvalue weighted by Gasteiger charge is -2.02. The first kappa shape index (κ1) is 17.9. The number of hydrogen-bond donors (Lipinski definition) is 1. The third-order valence-electron chi connectivity index (χ3n) is 3.74. The number of thiazole rings is 1. The zero-order valence-corrected chi connectivity index (χ0v) is 15.7. The first-order valence-corrected chi connectivity index (χ1v) is 9.23. The van der Waals surface area contributed by atoms with Crippen LogP contribution in [-0.4, -0.2) is 20.9 Å². The summed E-state index contributed by atoms with van der Waals surface area (Å²) >= 11 is 7.14. The second-order valence-electron chi connectivity index (χ2n) is 5.55. The molecule has 0 spiro atoms. The van der Waals surface area contributed by atoms with Crippen molar-refractivity contribution in [2.45, 2.75) is 0 Å². The highest BCUT2D eigenvalue weighted by atomic mass is 35.5. The SMILES string of the molecule is N#Cc1cccc(-c2csc(NC(=O)c3ocnc3-c3ccc(Cl)cc3)n2)n1. The molecule has 0 atom stereocenters. The standard InChI is InChI=1S/C19H10ClN5O2S/c20-12-6-4-11(5-7-12)16-17(27-10-22-16)18(26)25-19-24-15(9-28-19)14-3-1-2-13(8-21)23-14/h1-7,9-10H,(H,24,25,26). The summed E-state index contributed by atoms with van der Waals surface area (Å²) in [6, 6.07) is 14.0. The number of pyridine rings is 1. The minimum Gasteiger partial charge on any atom is -0.438 e. The van der Waals surface area contributed by atoms with Crippen LogP contribution in [0.15, 0.2) is 58.7 Å². The molecule has 4 rings (SSSR count). The largest absolute Gasteiger partial charge is 0.438 e. The van der Waals surface area contributed by atoms with Crippen LogP contribution < -0.4 is 5.32 Å². The first-order chi connectivity index (χ1) is 13.6. The molecule has 0 unspecified atom stereocenters. The van der Waals surface area contributed by atoms with E-state index in [1.807, 2.05) is 6.07 Å². The maximum atomic E-state index is 12.6. The topological polar surface area (TPSA) is 105 Å². The second-order valence-corrected chi connectivity index (χ2v) is 6.84. The molecule has 3 aromatic heterocycles. The van der Waals surface area contributed by atoms with E-state index in [0.29, 0.717) is 38.5 Å². The Morgan fingerprint density at radius 2 is 1.96 bits per heavy atom. The molecule has 1 aromatic carbocycles. The molecule has 0 saturated heterocycles. The molecule has 3 heterocycles. The normalized spacial score (nSPS) is 10.4. The van der Waals surface area contributed by atoms with Crippen LogP contribution in [0.2, 0.25) is 5.02 Å².